The second-order valence-corrected chi connectivity index (χ2v) is 5.64. The van der Waals surface area contributed by atoms with Crippen molar-refractivity contribution < 1.29 is 26.4 Å². The Morgan fingerprint density at radius 2 is 2.10 bits per heavy atom. The van der Waals surface area contributed by atoms with E-state index in [4.69, 9.17) is 0 Å². The third-order valence-corrected chi connectivity index (χ3v) is 2.44. The molecule has 0 spiro atoms. The Labute approximate surface area is 112 Å². The molecule has 20 heavy (non-hydrogen) atoms. The Balaban J connectivity index is 2.43. The van der Waals surface area contributed by atoms with Crippen LogP contribution in [0.5, 0.6) is 0 Å². The van der Waals surface area contributed by atoms with Crippen molar-refractivity contribution in [2.45, 2.75) is 19.1 Å². The van der Waals surface area contributed by atoms with Crippen LogP contribution in [0, 0.1) is 0 Å². The van der Waals surface area contributed by atoms with E-state index < -0.39 is 35.1 Å². The van der Waals surface area contributed by atoms with Gasteiger partial charge in [-0.05, 0) is 0 Å². The number of halogens is 3. The largest absolute Gasteiger partial charge is 0.390 e. The van der Waals surface area contributed by atoms with Gasteiger partial charge in [0.2, 0.25) is 15.9 Å². The van der Waals surface area contributed by atoms with Gasteiger partial charge in [0.25, 0.3) is 0 Å². The number of nitrogens with one attached hydrogen (secondary N) is 2. The highest BCUT2D eigenvalue weighted by atomic mass is 32.2. The Hall–Kier alpha value is -1.85. The average molecular weight is 315 g/mol. The second kappa shape index (κ2) is 6.07. The number of amides is 1. The molecule has 0 radical (unpaired) electrons. The maximum Gasteiger partial charge on any atom is 0.390 e. The SMILES string of the molecule is CS(=O)(=O)Nc1cn(CC(=O)NCCC(F)(F)F)nn1. The summed E-state index contributed by atoms with van der Waals surface area (Å²) in [4.78, 5) is 11.3. The summed E-state index contributed by atoms with van der Waals surface area (Å²) in [6, 6.07) is 0. The summed E-state index contributed by atoms with van der Waals surface area (Å²) < 4.78 is 60.4. The molecular weight excluding hydrogens is 303 g/mol. The molecule has 1 aromatic rings. The molecule has 0 saturated heterocycles. The molecule has 0 atom stereocenters. The third kappa shape index (κ3) is 6.92. The topological polar surface area (TPSA) is 106 Å². The molecule has 0 bridgehead atoms. The molecule has 12 heteroatoms. The molecule has 1 amide bonds. The number of sulfonamides is 1. The number of nitrogens with zero attached hydrogens (tertiary/aromatic N) is 3. The van der Waals surface area contributed by atoms with E-state index in [9.17, 15) is 26.4 Å². The van der Waals surface area contributed by atoms with Crippen molar-refractivity contribution in [1.82, 2.24) is 20.3 Å². The summed E-state index contributed by atoms with van der Waals surface area (Å²) in [6.07, 6.45) is -3.41. The van der Waals surface area contributed by atoms with Crippen molar-refractivity contribution in [1.29, 1.82) is 0 Å². The molecule has 0 aliphatic heterocycles. The van der Waals surface area contributed by atoms with Crippen LogP contribution in [0.4, 0.5) is 19.0 Å². The fourth-order valence-corrected chi connectivity index (χ4v) is 1.63. The van der Waals surface area contributed by atoms with Crippen LogP contribution in [0.25, 0.3) is 0 Å². The van der Waals surface area contributed by atoms with E-state index in [1.165, 1.54) is 0 Å². The van der Waals surface area contributed by atoms with Crippen LogP contribution in [-0.2, 0) is 21.4 Å². The van der Waals surface area contributed by atoms with Gasteiger partial charge < -0.3 is 5.32 Å². The Morgan fingerprint density at radius 3 is 2.65 bits per heavy atom. The van der Waals surface area contributed by atoms with Gasteiger partial charge in [0.05, 0.1) is 18.9 Å². The normalized spacial score (nSPS) is 12.2. The Morgan fingerprint density at radius 1 is 1.45 bits per heavy atom. The van der Waals surface area contributed by atoms with Gasteiger partial charge in [-0.1, -0.05) is 5.21 Å². The number of aromatic nitrogens is 3. The lowest BCUT2D eigenvalue weighted by atomic mass is 10.4. The zero-order chi connectivity index (χ0) is 15.4. The minimum atomic E-state index is -4.34. The van der Waals surface area contributed by atoms with Gasteiger partial charge in [0.15, 0.2) is 5.82 Å². The molecule has 2 N–H and O–H groups in total. The Kier molecular flexibility index (Phi) is 4.92. The first kappa shape index (κ1) is 16.2. The average Bonchev–Trinajstić information content (AvgIpc) is 2.60. The van der Waals surface area contributed by atoms with Crippen molar-refractivity contribution in [3.05, 3.63) is 6.20 Å². The van der Waals surface area contributed by atoms with E-state index in [-0.39, 0.29) is 12.4 Å². The molecule has 1 rings (SSSR count). The van der Waals surface area contributed by atoms with Crippen molar-refractivity contribution in [2.24, 2.45) is 0 Å². The van der Waals surface area contributed by atoms with Crippen LogP contribution >= 0.6 is 0 Å². The van der Waals surface area contributed by atoms with Crippen molar-refractivity contribution in [2.75, 3.05) is 17.5 Å². The first-order valence-corrected chi connectivity index (χ1v) is 7.16. The van der Waals surface area contributed by atoms with Crippen LogP contribution in [-0.4, -0.2) is 48.3 Å². The molecule has 114 valence electrons. The first-order valence-electron chi connectivity index (χ1n) is 5.26. The van der Waals surface area contributed by atoms with Crippen molar-refractivity contribution >= 4 is 21.7 Å². The van der Waals surface area contributed by atoms with Crippen LogP contribution in [0.1, 0.15) is 6.42 Å². The number of anilines is 1. The fraction of sp³-hybridized carbons (Fsp3) is 0.625. The second-order valence-electron chi connectivity index (χ2n) is 3.89. The van der Waals surface area contributed by atoms with Crippen LogP contribution < -0.4 is 10.0 Å². The van der Waals surface area contributed by atoms with Gasteiger partial charge in [-0.3, -0.25) is 9.52 Å². The molecule has 0 aliphatic rings. The number of carbonyl (C=O) groups is 1. The lowest BCUT2D eigenvalue weighted by molar-refractivity contribution is -0.135. The maximum atomic E-state index is 11.8. The zero-order valence-corrected chi connectivity index (χ0v) is 11.1. The minimum absolute atomic E-state index is 0.0874. The standard InChI is InChI=1S/C8H12F3N5O3S/c1-20(18,19)14-6-4-16(15-13-6)5-7(17)12-3-2-8(9,10)11/h4,14H,2-3,5H2,1H3,(H,12,17). The summed E-state index contributed by atoms with van der Waals surface area (Å²) in [5.41, 5.74) is 0. The minimum Gasteiger partial charge on any atom is -0.354 e. The smallest absolute Gasteiger partial charge is 0.354 e. The van der Waals surface area contributed by atoms with Gasteiger partial charge in [0, 0.05) is 6.54 Å². The van der Waals surface area contributed by atoms with E-state index in [0.29, 0.717) is 0 Å². The molecule has 1 heterocycles. The summed E-state index contributed by atoms with van der Waals surface area (Å²) in [5.74, 6) is -0.777. The van der Waals surface area contributed by atoms with Crippen LogP contribution in [0.2, 0.25) is 0 Å². The van der Waals surface area contributed by atoms with Gasteiger partial charge in [-0.2, -0.15) is 13.2 Å². The van der Waals surface area contributed by atoms with E-state index in [0.717, 1.165) is 17.1 Å². The van der Waals surface area contributed by atoms with Gasteiger partial charge in [-0.25, -0.2) is 13.1 Å². The number of hydrogen-bond donors (Lipinski definition) is 2. The predicted molar refractivity (Wildman–Crippen MR) is 62.2 cm³/mol. The summed E-state index contributed by atoms with van der Waals surface area (Å²) in [5, 5.41) is 8.95. The number of alkyl halides is 3. The summed E-state index contributed by atoms with van der Waals surface area (Å²) in [7, 11) is -3.51. The van der Waals surface area contributed by atoms with Gasteiger partial charge in [0.1, 0.15) is 6.54 Å². The third-order valence-electron chi connectivity index (χ3n) is 1.86. The van der Waals surface area contributed by atoms with E-state index >= 15 is 0 Å². The van der Waals surface area contributed by atoms with Crippen molar-refractivity contribution in [3.8, 4) is 0 Å². The van der Waals surface area contributed by atoms with E-state index in [2.05, 4.69) is 15.6 Å². The first-order chi connectivity index (χ1) is 9.05. The highest BCUT2D eigenvalue weighted by Gasteiger charge is 2.26. The quantitative estimate of drug-likeness (QED) is 0.751. The summed E-state index contributed by atoms with van der Waals surface area (Å²) in [6.45, 7) is -0.901. The predicted octanol–water partition coefficient (Wildman–Crippen LogP) is -0.282. The van der Waals surface area contributed by atoms with Crippen molar-refractivity contribution in [3.63, 3.8) is 0 Å². The van der Waals surface area contributed by atoms with Gasteiger partial charge >= 0.3 is 6.18 Å². The number of hydrogen-bond acceptors (Lipinski definition) is 5. The lowest BCUT2D eigenvalue weighted by Gasteiger charge is -2.07. The van der Waals surface area contributed by atoms with Crippen LogP contribution in [0.15, 0.2) is 6.20 Å². The highest BCUT2D eigenvalue weighted by molar-refractivity contribution is 7.92. The lowest BCUT2D eigenvalue weighted by Crippen LogP contribution is -2.31. The zero-order valence-electron chi connectivity index (χ0n) is 10.3. The molecule has 0 aromatic carbocycles. The van der Waals surface area contributed by atoms with Gasteiger partial charge in [-0.15, -0.1) is 5.10 Å². The molecule has 0 fully saturated rings. The maximum absolute atomic E-state index is 11.8. The number of rotatable bonds is 6. The molecule has 8 nitrogen and oxygen atoms in total. The monoisotopic (exact) mass is 315 g/mol. The van der Waals surface area contributed by atoms with E-state index in [1.54, 1.807) is 0 Å². The number of carbonyl (C=O) groups excluding carboxylic acids is 1. The Bertz CT molecular complexity index is 568. The fourth-order valence-electron chi connectivity index (χ4n) is 1.16. The molecule has 0 aliphatic carbocycles. The highest BCUT2D eigenvalue weighted by Crippen LogP contribution is 2.18. The molecule has 0 unspecified atom stereocenters. The molecular formula is C8H12F3N5O3S. The van der Waals surface area contributed by atoms with E-state index in [1.807, 2.05) is 4.72 Å². The molecule has 0 saturated carbocycles. The van der Waals surface area contributed by atoms with Crippen LogP contribution in [0.3, 0.4) is 0 Å². The molecule has 1 aromatic heterocycles. The summed E-state index contributed by atoms with van der Waals surface area (Å²) >= 11 is 0.